The Morgan fingerprint density at radius 3 is 2.40 bits per heavy atom. The molecular weight excluding hydrogens is 465 g/mol. The lowest BCUT2D eigenvalue weighted by Crippen LogP contribution is -2.11. The molecule has 0 spiro atoms. The molecular formula is C20H18BrF3N4O2. The molecule has 30 heavy (non-hydrogen) atoms. The molecule has 3 aromatic rings. The molecule has 1 aromatic heterocycles. The summed E-state index contributed by atoms with van der Waals surface area (Å²) in [6.45, 7) is 1.57. The fraction of sp³-hybridized carbons (Fsp3) is 0.200. The number of nitrogens with zero attached hydrogens (tertiary/aromatic N) is 2. The van der Waals surface area contributed by atoms with Crippen molar-refractivity contribution in [2.45, 2.75) is 13.1 Å². The van der Waals surface area contributed by atoms with Gasteiger partial charge in [-0.2, -0.15) is 13.2 Å². The molecule has 1 heterocycles. The van der Waals surface area contributed by atoms with Gasteiger partial charge in [-0.05, 0) is 35.0 Å². The van der Waals surface area contributed by atoms with Gasteiger partial charge in [-0.25, -0.2) is 9.97 Å². The first-order chi connectivity index (χ1) is 14.2. The van der Waals surface area contributed by atoms with Crippen LogP contribution in [0.3, 0.4) is 0 Å². The quantitative estimate of drug-likeness (QED) is 0.494. The van der Waals surface area contributed by atoms with Gasteiger partial charge >= 0.3 is 6.18 Å². The van der Waals surface area contributed by atoms with Crippen LogP contribution in [0.2, 0.25) is 0 Å². The lowest BCUT2D eigenvalue weighted by Gasteiger charge is -2.18. The summed E-state index contributed by atoms with van der Waals surface area (Å²) in [4.78, 5) is 8.44. The fourth-order valence-corrected chi connectivity index (χ4v) is 3.42. The van der Waals surface area contributed by atoms with Crippen LogP contribution in [0.15, 0.2) is 40.9 Å². The van der Waals surface area contributed by atoms with Gasteiger partial charge in [0.05, 0.1) is 31.2 Å². The third-order valence-corrected chi connectivity index (χ3v) is 4.90. The van der Waals surface area contributed by atoms with E-state index >= 15 is 0 Å². The van der Waals surface area contributed by atoms with E-state index in [2.05, 4.69) is 31.2 Å². The van der Waals surface area contributed by atoms with E-state index in [0.717, 1.165) is 6.07 Å². The molecule has 0 amide bonds. The van der Waals surface area contributed by atoms with Crippen molar-refractivity contribution in [3.63, 3.8) is 0 Å². The standard InChI is InChI=1S/C20H18BrF3N4O2/c1-10-26-17(12-6-4-5-7-13(12)20(22,23)24)16(25)19(27-10)28-18-14(21)8-11(29-2)9-15(18)30-3/h4-9H,25H2,1-3H3,(H,26,27,28). The summed E-state index contributed by atoms with van der Waals surface area (Å²) in [6.07, 6.45) is -4.56. The first-order valence-electron chi connectivity index (χ1n) is 8.65. The summed E-state index contributed by atoms with van der Waals surface area (Å²) in [7, 11) is 3.00. The zero-order chi connectivity index (χ0) is 22.1. The molecule has 2 aromatic carbocycles. The van der Waals surface area contributed by atoms with Crippen LogP contribution >= 0.6 is 15.9 Å². The summed E-state index contributed by atoms with van der Waals surface area (Å²) >= 11 is 3.43. The summed E-state index contributed by atoms with van der Waals surface area (Å²) in [5.74, 6) is 1.38. The smallest absolute Gasteiger partial charge is 0.417 e. The highest BCUT2D eigenvalue weighted by molar-refractivity contribution is 9.10. The van der Waals surface area contributed by atoms with Crippen LogP contribution in [0.1, 0.15) is 11.4 Å². The Morgan fingerprint density at radius 2 is 1.77 bits per heavy atom. The normalized spacial score (nSPS) is 11.3. The molecule has 0 unspecified atom stereocenters. The number of hydrogen-bond donors (Lipinski definition) is 2. The number of hydrogen-bond acceptors (Lipinski definition) is 6. The molecule has 158 valence electrons. The molecule has 0 saturated heterocycles. The predicted octanol–water partition coefficient (Wildman–Crippen LogP) is 5.58. The Labute approximate surface area is 179 Å². The minimum Gasteiger partial charge on any atom is -0.497 e. The number of ether oxygens (including phenoxy) is 2. The van der Waals surface area contributed by atoms with E-state index < -0.39 is 11.7 Å². The first-order valence-corrected chi connectivity index (χ1v) is 9.44. The highest BCUT2D eigenvalue weighted by Gasteiger charge is 2.34. The van der Waals surface area contributed by atoms with Crippen LogP contribution in [0.5, 0.6) is 11.5 Å². The number of nitrogens with one attached hydrogen (secondary N) is 1. The minimum atomic E-state index is -4.56. The molecule has 0 aliphatic rings. The van der Waals surface area contributed by atoms with E-state index in [0.29, 0.717) is 21.7 Å². The molecule has 3 rings (SSSR count). The molecule has 0 saturated carbocycles. The Hall–Kier alpha value is -3.01. The van der Waals surface area contributed by atoms with Crippen molar-refractivity contribution in [3.8, 4) is 22.8 Å². The number of rotatable bonds is 5. The second-order valence-electron chi connectivity index (χ2n) is 6.24. The second-order valence-corrected chi connectivity index (χ2v) is 7.09. The number of anilines is 3. The van der Waals surface area contributed by atoms with Gasteiger partial charge in [-0.1, -0.05) is 18.2 Å². The minimum absolute atomic E-state index is 0.0125. The number of methoxy groups -OCH3 is 2. The highest BCUT2D eigenvalue weighted by atomic mass is 79.9. The molecule has 10 heteroatoms. The van der Waals surface area contributed by atoms with Gasteiger partial charge in [0.2, 0.25) is 0 Å². The SMILES string of the molecule is COc1cc(Br)c(Nc2nc(C)nc(-c3ccccc3C(F)(F)F)c2N)c(OC)c1. The number of nitrogen functional groups attached to an aromatic ring is 1. The van der Waals surface area contributed by atoms with Crippen molar-refractivity contribution >= 4 is 33.1 Å². The fourth-order valence-electron chi connectivity index (χ4n) is 2.89. The monoisotopic (exact) mass is 482 g/mol. The number of aryl methyl sites for hydroxylation is 1. The van der Waals surface area contributed by atoms with E-state index in [1.807, 2.05) is 0 Å². The average Bonchev–Trinajstić information content (AvgIpc) is 2.70. The summed E-state index contributed by atoms with van der Waals surface area (Å²) in [5.41, 5.74) is 5.69. The molecule has 6 nitrogen and oxygen atoms in total. The van der Waals surface area contributed by atoms with Crippen LogP contribution in [0.4, 0.5) is 30.4 Å². The van der Waals surface area contributed by atoms with E-state index in [1.54, 1.807) is 19.1 Å². The van der Waals surface area contributed by atoms with E-state index in [1.165, 1.54) is 32.4 Å². The van der Waals surface area contributed by atoms with Crippen LogP contribution in [0.25, 0.3) is 11.3 Å². The number of aromatic nitrogens is 2. The Balaban J connectivity index is 2.15. The van der Waals surface area contributed by atoms with E-state index in [9.17, 15) is 13.2 Å². The van der Waals surface area contributed by atoms with Gasteiger partial charge in [0.1, 0.15) is 23.0 Å². The van der Waals surface area contributed by atoms with E-state index in [-0.39, 0.29) is 28.6 Å². The topological polar surface area (TPSA) is 82.3 Å². The Bertz CT molecular complexity index is 1090. The van der Waals surface area contributed by atoms with Crippen molar-refractivity contribution in [1.29, 1.82) is 0 Å². The van der Waals surface area contributed by atoms with Crippen molar-refractivity contribution in [3.05, 3.63) is 52.3 Å². The largest absolute Gasteiger partial charge is 0.497 e. The first kappa shape index (κ1) is 21.7. The maximum absolute atomic E-state index is 13.5. The third-order valence-electron chi connectivity index (χ3n) is 4.27. The molecule has 0 atom stereocenters. The molecule has 0 radical (unpaired) electrons. The zero-order valence-corrected chi connectivity index (χ0v) is 17.9. The van der Waals surface area contributed by atoms with Crippen molar-refractivity contribution in [2.75, 3.05) is 25.3 Å². The maximum Gasteiger partial charge on any atom is 0.417 e. The van der Waals surface area contributed by atoms with Crippen molar-refractivity contribution in [2.24, 2.45) is 0 Å². The average molecular weight is 483 g/mol. The third kappa shape index (κ3) is 4.28. The second kappa shape index (κ2) is 8.39. The van der Waals surface area contributed by atoms with Gasteiger partial charge < -0.3 is 20.5 Å². The molecule has 0 fully saturated rings. The lowest BCUT2D eigenvalue weighted by molar-refractivity contribution is -0.137. The summed E-state index contributed by atoms with van der Waals surface area (Å²) in [6, 6.07) is 8.48. The van der Waals surface area contributed by atoms with Crippen LogP contribution < -0.4 is 20.5 Å². The maximum atomic E-state index is 13.5. The molecule has 0 bridgehead atoms. The van der Waals surface area contributed by atoms with Gasteiger partial charge in [0.15, 0.2) is 5.82 Å². The molecule has 0 aliphatic heterocycles. The molecule has 0 aliphatic carbocycles. The van der Waals surface area contributed by atoms with Gasteiger partial charge in [-0.15, -0.1) is 0 Å². The number of alkyl halides is 3. The Morgan fingerprint density at radius 1 is 1.07 bits per heavy atom. The summed E-state index contributed by atoms with van der Waals surface area (Å²) < 4.78 is 51.7. The van der Waals surface area contributed by atoms with Crippen LogP contribution in [0, 0.1) is 6.92 Å². The molecule has 3 N–H and O–H groups in total. The van der Waals surface area contributed by atoms with Crippen molar-refractivity contribution in [1.82, 2.24) is 9.97 Å². The van der Waals surface area contributed by atoms with Crippen LogP contribution in [-0.4, -0.2) is 24.2 Å². The zero-order valence-electron chi connectivity index (χ0n) is 16.3. The van der Waals surface area contributed by atoms with Gasteiger partial charge in [-0.3, -0.25) is 0 Å². The highest BCUT2D eigenvalue weighted by Crippen LogP contribution is 2.42. The lowest BCUT2D eigenvalue weighted by atomic mass is 10.0. The number of benzene rings is 2. The number of nitrogens with two attached hydrogens (primary N) is 1. The van der Waals surface area contributed by atoms with Gasteiger partial charge in [0.25, 0.3) is 0 Å². The van der Waals surface area contributed by atoms with E-state index in [4.69, 9.17) is 15.2 Å². The Kier molecular flexibility index (Phi) is 6.06. The number of halogens is 4. The summed E-state index contributed by atoms with van der Waals surface area (Å²) in [5, 5.41) is 3.04. The van der Waals surface area contributed by atoms with Crippen LogP contribution in [-0.2, 0) is 6.18 Å². The predicted molar refractivity (Wildman–Crippen MR) is 112 cm³/mol. The van der Waals surface area contributed by atoms with Gasteiger partial charge in [0, 0.05) is 16.1 Å². The van der Waals surface area contributed by atoms with Crippen molar-refractivity contribution < 1.29 is 22.6 Å².